The van der Waals surface area contributed by atoms with E-state index < -0.39 is 18.2 Å². The van der Waals surface area contributed by atoms with Gasteiger partial charge in [-0.3, -0.25) is 4.79 Å². The lowest BCUT2D eigenvalue weighted by Gasteiger charge is -2.23. The molecule has 2 unspecified atom stereocenters. The van der Waals surface area contributed by atoms with Gasteiger partial charge >= 0.3 is 5.97 Å². The van der Waals surface area contributed by atoms with Crippen molar-refractivity contribution in [1.82, 2.24) is 4.90 Å². The van der Waals surface area contributed by atoms with Gasteiger partial charge in [-0.05, 0) is 31.5 Å². The van der Waals surface area contributed by atoms with Crippen LogP contribution < -0.4 is 9.47 Å². The summed E-state index contributed by atoms with van der Waals surface area (Å²) in [6.45, 7) is 7.18. The largest absolute Gasteiger partial charge is 0.493 e. The smallest absolute Gasteiger partial charge is 0.335 e. The van der Waals surface area contributed by atoms with Crippen molar-refractivity contribution in [3.8, 4) is 11.5 Å². The third kappa shape index (κ3) is 6.07. The number of amides is 1. The van der Waals surface area contributed by atoms with Gasteiger partial charge in [0.1, 0.15) is 0 Å². The SMILES string of the molecule is C=CCOC(C)C(=O)OC(C)C(=O)N(C)Cc1ccc(OC)c(OC)c1. The number of hydrogen-bond donors (Lipinski definition) is 0. The zero-order chi connectivity index (χ0) is 19.7. The fourth-order valence-corrected chi connectivity index (χ4v) is 2.24. The van der Waals surface area contributed by atoms with E-state index in [1.54, 1.807) is 40.3 Å². The molecule has 0 aliphatic heterocycles. The van der Waals surface area contributed by atoms with Crippen molar-refractivity contribution in [3.05, 3.63) is 36.4 Å². The van der Waals surface area contributed by atoms with Crippen molar-refractivity contribution in [2.45, 2.75) is 32.6 Å². The van der Waals surface area contributed by atoms with Crippen molar-refractivity contribution in [1.29, 1.82) is 0 Å². The van der Waals surface area contributed by atoms with E-state index in [0.717, 1.165) is 5.56 Å². The van der Waals surface area contributed by atoms with Crippen LogP contribution in [-0.2, 0) is 25.6 Å². The Morgan fingerprint density at radius 3 is 2.38 bits per heavy atom. The zero-order valence-electron chi connectivity index (χ0n) is 16.0. The predicted molar refractivity (Wildman–Crippen MR) is 97.2 cm³/mol. The number of hydrogen-bond acceptors (Lipinski definition) is 6. The third-order valence-corrected chi connectivity index (χ3v) is 3.68. The quantitative estimate of drug-likeness (QED) is 0.467. The molecule has 7 heteroatoms. The number of methoxy groups -OCH3 is 2. The van der Waals surface area contributed by atoms with Gasteiger partial charge in [0.15, 0.2) is 23.7 Å². The maximum absolute atomic E-state index is 12.4. The average Bonchev–Trinajstić information content (AvgIpc) is 2.64. The number of ether oxygens (including phenoxy) is 4. The van der Waals surface area contributed by atoms with Crippen molar-refractivity contribution in [3.63, 3.8) is 0 Å². The first kappa shape index (κ1) is 21.5. The standard InChI is InChI=1S/C19H27NO6/c1-7-10-25-14(3)19(22)26-13(2)18(21)20(4)12-15-8-9-16(23-5)17(11-15)24-6/h7-9,11,13-14H,1,10,12H2,2-6H3. The lowest BCUT2D eigenvalue weighted by molar-refractivity contribution is -0.167. The monoisotopic (exact) mass is 365 g/mol. The van der Waals surface area contributed by atoms with Crippen molar-refractivity contribution in [2.24, 2.45) is 0 Å². The molecule has 0 bridgehead atoms. The molecular weight excluding hydrogens is 338 g/mol. The number of rotatable bonds is 10. The first-order valence-corrected chi connectivity index (χ1v) is 8.22. The van der Waals surface area contributed by atoms with Gasteiger partial charge in [-0.2, -0.15) is 0 Å². The molecule has 144 valence electrons. The van der Waals surface area contributed by atoms with Crippen LogP contribution >= 0.6 is 0 Å². The van der Waals surface area contributed by atoms with Crippen LogP contribution in [0.4, 0.5) is 0 Å². The van der Waals surface area contributed by atoms with Gasteiger partial charge < -0.3 is 23.8 Å². The number of carbonyl (C=O) groups excluding carboxylic acids is 2. The molecule has 0 radical (unpaired) electrons. The molecule has 0 aliphatic carbocycles. The highest BCUT2D eigenvalue weighted by Gasteiger charge is 2.24. The maximum atomic E-state index is 12.4. The molecule has 0 saturated heterocycles. The van der Waals surface area contributed by atoms with E-state index in [1.165, 1.54) is 17.9 Å². The summed E-state index contributed by atoms with van der Waals surface area (Å²) >= 11 is 0. The van der Waals surface area contributed by atoms with Crippen molar-refractivity contribution in [2.75, 3.05) is 27.9 Å². The zero-order valence-corrected chi connectivity index (χ0v) is 16.0. The van der Waals surface area contributed by atoms with Crippen molar-refractivity contribution >= 4 is 11.9 Å². The molecular formula is C19H27NO6. The minimum Gasteiger partial charge on any atom is -0.493 e. The topological polar surface area (TPSA) is 74.3 Å². The fraction of sp³-hybridized carbons (Fsp3) is 0.474. The molecule has 7 nitrogen and oxygen atoms in total. The predicted octanol–water partition coefficient (Wildman–Crippen LogP) is 2.18. The Morgan fingerprint density at radius 2 is 1.81 bits per heavy atom. The summed E-state index contributed by atoms with van der Waals surface area (Å²) in [5.74, 6) is 0.288. The number of esters is 1. The highest BCUT2D eigenvalue weighted by atomic mass is 16.6. The molecule has 0 aromatic heterocycles. The van der Waals surface area contributed by atoms with Crippen LogP contribution in [0, 0.1) is 0 Å². The van der Waals surface area contributed by atoms with Crippen LogP contribution in [0.2, 0.25) is 0 Å². The van der Waals surface area contributed by atoms with Crippen molar-refractivity contribution < 1.29 is 28.5 Å². The van der Waals surface area contributed by atoms with E-state index in [2.05, 4.69) is 6.58 Å². The van der Waals surface area contributed by atoms with E-state index in [-0.39, 0.29) is 12.5 Å². The minimum atomic E-state index is -0.914. The second-order valence-corrected chi connectivity index (χ2v) is 5.73. The molecule has 26 heavy (non-hydrogen) atoms. The van der Waals surface area contributed by atoms with Gasteiger partial charge in [0.2, 0.25) is 0 Å². The number of likely N-dealkylation sites (N-methyl/N-ethyl adjacent to an activating group) is 1. The molecule has 0 heterocycles. The Labute approximate surface area is 154 Å². The molecule has 1 amide bonds. The lowest BCUT2D eigenvalue weighted by Crippen LogP contribution is -2.39. The summed E-state index contributed by atoms with van der Waals surface area (Å²) in [4.78, 5) is 25.8. The van der Waals surface area contributed by atoms with E-state index in [1.807, 2.05) is 6.07 Å². The molecule has 0 fully saturated rings. The van der Waals surface area contributed by atoms with Gasteiger partial charge in [0, 0.05) is 13.6 Å². The summed E-state index contributed by atoms with van der Waals surface area (Å²) in [5, 5.41) is 0. The Bertz CT molecular complexity index is 630. The van der Waals surface area contributed by atoms with Crippen LogP contribution in [0.3, 0.4) is 0 Å². The van der Waals surface area contributed by atoms with Gasteiger partial charge in [-0.1, -0.05) is 12.1 Å². The highest BCUT2D eigenvalue weighted by molar-refractivity contribution is 5.84. The first-order chi connectivity index (χ1) is 12.3. The minimum absolute atomic E-state index is 0.234. The van der Waals surface area contributed by atoms with Crippen LogP contribution in [0.15, 0.2) is 30.9 Å². The van der Waals surface area contributed by atoms with Gasteiger partial charge in [-0.15, -0.1) is 6.58 Å². The average molecular weight is 365 g/mol. The molecule has 1 aromatic rings. The van der Waals surface area contributed by atoms with E-state index in [4.69, 9.17) is 18.9 Å². The van der Waals surface area contributed by atoms with Crippen LogP contribution in [0.1, 0.15) is 19.4 Å². The Hall–Kier alpha value is -2.54. The summed E-state index contributed by atoms with van der Waals surface area (Å²) < 4.78 is 20.8. The normalized spacial score (nSPS) is 12.7. The molecule has 0 N–H and O–H groups in total. The highest BCUT2D eigenvalue weighted by Crippen LogP contribution is 2.28. The second kappa shape index (κ2) is 10.5. The molecule has 1 rings (SSSR count). The number of nitrogens with zero attached hydrogens (tertiary/aromatic N) is 1. The Kier molecular flexibility index (Phi) is 8.64. The second-order valence-electron chi connectivity index (χ2n) is 5.73. The molecule has 0 saturated carbocycles. The van der Waals surface area contributed by atoms with Gasteiger partial charge in [0.25, 0.3) is 5.91 Å². The van der Waals surface area contributed by atoms with Gasteiger partial charge in [-0.25, -0.2) is 4.79 Å². The lowest BCUT2D eigenvalue weighted by atomic mass is 10.2. The van der Waals surface area contributed by atoms with Crippen LogP contribution in [0.5, 0.6) is 11.5 Å². The Morgan fingerprint density at radius 1 is 1.15 bits per heavy atom. The fourth-order valence-electron chi connectivity index (χ4n) is 2.24. The maximum Gasteiger partial charge on any atom is 0.335 e. The molecule has 1 aromatic carbocycles. The number of benzene rings is 1. The number of carbonyl (C=O) groups is 2. The van der Waals surface area contributed by atoms with E-state index in [0.29, 0.717) is 18.0 Å². The molecule has 0 spiro atoms. The third-order valence-electron chi connectivity index (χ3n) is 3.68. The van der Waals surface area contributed by atoms with Crippen LogP contribution in [0.25, 0.3) is 0 Å². The summed E-state index contributed by atoms with van der Waals surface area (Å²) in [5.41, 5.74) is 0.861. The van der Waals surface area contributed by atoms with Crippen LogP contribution in [-0.4, -0.2) is 56.9 Å². The summed E-state index contributed by atoms with van der Waals surface area (Å²) in [6, 6.07) is 5.41. The molecule has 2 atom stereocenters. The first-order valence-electron chi connectivity index (χ1n) is 8.22. The van der Waals surface area contributed by atoms with Gasteiger partial charge in [0.05, 0.1) is 20.8 Å². The van der Waals surface area contributed by atoms with E-state index in [9.17, 15) is 9.59 Å². The summed E-state index contributed by atoms with van der Waals surface area (Å²) in [6.07, 6.45) is -0.142. The van der Waals surface area contributed by atoms with E-state index >= 15 is 0 Å². The molecule has 0 aliphatic rings. The Balaban J connectivity index is 2.66. The summed E-state index contributed by atoms with van der Waals surface area (Å²) in [7, 11) is 4.75.